The molecule has 0 heterocycles. The third-order valence-electron chi connectivity index (χ3n) is 2.95. The molecule has 0 spiro atoms. The number of rotatable bonds is 5. The smallest absolute Gasteiger partial charge is 0.227 e. The second-order valence-corrected chi connectivity index (χ2v) is 4.57. The van der Waals surface area contributed by atoms with Crippen LogP contribution in [0.1, 0.15) is 31.7 Å². The van der Waals surface area contributed by atoms with Gasteiger partial charge in [0.2, 0.25) is 5.91 Å². The predicted molar refractivity (Wildman–Crippen MR) is 74.2 cm³/mol. The maximum atomic E-state index is 11.8. The standard InChI is InChI=1S/C14H22N2O2/c1-10(2)12-9-11(5-6-13(12)18-4)16(3)14(17)7-8-15/h5-6,9-10H,7-8,15H2,1-4H3. The first-order valence-corrected chi connectivity index (χ1v) is 6.15. The summed E-state index contributed by atoms with van der Waals surface area (Å²) in [5, 5.41) is 0. The average molecular weight is 250 g/mol. The fourth-order valence-corrected chi connectivity index (χ4v) is 1.82. The van der Waals surface area contributed by atoms with Crippen LogP contribution in [0.15, 0.2) is 18.2 Å². The number of carbonyl (C=O) groups is 1. The van der Waals surface area contributed by atoms with Crippen LogP contribution in [-0.2, 0) is 4.79 Å². The van der Waals surface area contributed by atoms with Crippen molar-refractivity contribution >= 4 is 11.6 Å². The lowest BCUT2D eigenvalue weighted by Gasteiger charge is -2.20. The van der Waals surface area contributed by atoms with E-state index in [1.165, 1.54) is 0 Å². The van der Waals surface area contributed by atoms with E-state index in [0.717, 1.165) is 17.0 Å². The number of hydrogen-bond donors (Lipinski definition) is 1. The normalized spacial score (nSPS) is 10.6. The van der Waals surface area contributed by atoms with Gasteiger partial charge in [-0.2, -0.15) is 0 Å². The number of hydrogen-bond acceptors (Lipinski definition) is 3. The van der Waals surface area contributed by atoms with Gasteiger partial charge in [0, 0.05) is 25.7 Å². The first kappa shape index (κ1) is 14.5. The van der Waals surface area contributed by atoms with Crippen molar-refractivity contribution < 1.29 is 9.53 Å². The number of carbonyl (C=O) groups excluding carboxylic acids is 1. The highest BCUT2D eigenvalue weighted by atomic mass is 16.5. The van der Waals surface area contributed by atoms with E-state index in [-0.39, 0.29) is 5.91 Å². The summed E-state index contributed by atoms with van der Waals surface area (Å²) in [6, 6.07) is 5.79. The Balaban J connectivity index is 3.04. The zero-order valence-corrected chi connectivity index (χ0v) is 11.6. The molecule has 0 aliphatic carbocycles. The molecule has 1 rings (SSSR count). The molecule has 0 radical (unpaired) electrons. The summed E-state index contributed by atoms with van der Waals surface area (Å²) in [4.78, 5) is 13.4. The van der Waals surface area contributed by atoms with Gasteiger partial charge in [0.15, 0.2) is 0 Å². The molecule has 4 heteroatoms. The van der Waals surface area contributed by atoms with Crippen LogP contribution in [0.5, 0.6) is 5.75 Å². The fraction of sp³-hybridized carbons (Fsp3) is 0.500. The van der Waals surface area contributed by atoms with Gasteiger partial charge in [0.05, 0.1) is 7.11 Å². The first-order valence-electron chi connectivity index (χ1n) is 6.15. The molecule has 0 aliphatic rings. The number of anilines is 1. The van der Waals surface area contributed by atoms with E-state index in [4.69, 9.17) is 10.5 Å². The molecule has 4 nitrogen and oxygen atoms in total. The highest BCUT2D eigenvalue weighted by Gasteiger charge is 2.14. The molecular weight excluding hydrogens is 228 g/mol. The van der Waals surface area contributed by atoms with Gasteiger partial charge in [-0.3, -0.25) is 4.79 Å². The highest BCUT2D eigenvalue weighted by Crippen LogP contribution is 2.30. The monoisotopic (exact) mass is 250 g/mol. The molecule has 1 aromatic rings. The summed E-state index contributed by atoms with van der Waals surface area (Å²) in [5.74, 6) is 1.23. The van der Waals surface area contributed by atoms with E-state index < -0.39 is 0 Å². The molecular formula is C14H22N2O2. The Morgan fingerprint density at radius 1 is 1.44 bits per heavy atom. The van der Waals surface area contributed by atoms with Crippen LogP contribution in [0, 0.1) is 0 Å². The number of benzene rings is 1. The van der Waals surface area contributed by atoms with E-state index in [1.54, 1.807) is 19.1 Å². The number of amides is 1. The lowest BCUT2D eigenvalue weighted by atomic mass is 10.0. The minimum Gasteiger partial charge on any atom is -0.496 e. The zero-order chi connectivity index (χ0) is 13.7. The highest BCUT2D eigenvalue weighted by molar-refractivity contribution is 5.93. The molecule has 0 bridgehead atoms. The minimum atomic E-state index is 0.0253. The van der Waals surface area contributed by atoms with Crippen molar-refractivity contribution in [3.63, 3.8) is 0 Å². The summed E-state index contributed by atoms with van der Waals surface area (Å²) in [5.41, 5.74) is 7.37. The Bertz CT molecular complexity index is 416. The van der Waals surface area contributed by atoms with Gasteiger partial charge in [0.25, 0.3) is 0 Å². The summed E-state index contributed by atoms with van der Waals surface area (Å²) in [7, 11) is 3.42. The van der Waals surface area contributed by atoms with Crippen LogP contribution in [0.4, 0.5) is 5.69 Å². The van der Waals surface area contributed by atoms with Gasteiger partial charge >= 0.3 is 0 Å². The van der Waals surface area contributed by atoms with Crippen LogP contribution in [-0.4, -0.2) is 26.6 Å². The minimum absolute atomic E-state index is 0.0253. The van der Waals surface area contributed by atoms with Gasteiger partial charge in [-0.15, -0.1) is 0 Å². The Morgan fingerprint density at radius 3 is 2.61 bits per heavy atom. The molecule has 0 saturated carbocycles. The van der Waals surface area contributed by atoms with E-state index in [0.29, 0.717) is 18.9 Å². The fourth-order valence-electron chi connectivity index (χ4n) is 1.82. The maximum Gasteiger partial charge on any atom is 0.227 e. The van der Waals surface area contributed by atoms with Gasteiger partial charge in [-0.1, -0.05) is 13.8 Å². The quantitative estimate of drug-likeness (QED) is 0.871. The van der Waals surface area contributed by atoms with Crippen LogP contribution >= 0.6 is 0 Å². The van der Waals surface area contributed by atoms with Crippen molar-refractivity contribution in [2.45, 2.75) is 26.2 Å². The van der Waals surface area contributed by atoms with E-state index >= 15 is 0 Å². The van der Waals surface area contributed by atoms with Crippen molar-refractivity contribution in [3.8, 4) is 5.75 Å². The summed E-state index contributed by atoms with van der Waals surface area (Å²) >= 11 is 0. The second-order valence-electron chi connectivity index (χ2n) is 4.57. The van der Waals surface area contributed by atoms with Crippen molar-refractivity contribution in [2.24, 2.45) is 5.73 Å². The number of nitrogens with two attached hydrogens (primary N) is 1. The molecule has 0 saturated heterocycles. The average Bonchev–Trinajstić information content (AvgIpc) is 2.37. The van der Waals surface area contributed by atoms with E-state index in [1.807, 2.05) is 18.2 Å². The molecule has 2 N–H and O–H groups in total. The summed E-state index contributed by atoms with van der Waals surface area (Å²) in [6.45, 7) is 4.57. The van der Waals surface area contributed by atoms with Gasteiger partial charge in [0.1, 0.15) is 5.75 Å². The topological polar surface area (TPSA) is 55.6 Å². The number of methoxy groups -OCH3 is 1. The maximum absolute atomic E-state index is 11.8. The van der Waals surface area contributed by atoms with E-state index in [2.05, 4.69) is 13.8 Å². The van der Waals surface area contributed by atoms with Crippen LogP contribution in [0.25, 0.3) is 0 Å². The van der Waals surface area contributed by atoms with Crippen molar-refractivity contribution in [2.75, 3.05) is 25.6 Å². The molecule has 1 amide bonds. The molecule has 0 atom stereocenters. The van der Waals surface area contributed by atoms with Crippen molar-refractivity contribution in [3.05, 3.63) is 23.8 Å². The SMILES string of the molecule is COc1ccc(N(C)C(=O)CCN)cc1C(C)C. The lowest BCUT2D eigenvalue weighted by Crippen LogP contribution is -2.28. The molecule has 0 unspecified atom stereocenters. The van der Waals surface area contributed by atoms with Crippen LogP contribution in [0.3, 0.4) is 0 Å². The van der Waals surface area contributed by atoms with Crippen molar-refractivity contribution in [1.29, 1.82) is 0 Å². The second kappa shape index (κ2) is 6.40. The molecule has 1 aromatic carbocycles. The van der Waals surface area contributed by atoms with Gasteiger partial charge in [-0.25, -0.2) is 0 Å². The molecule has 0 aliphatic heterocycles. The molecule has 18 heavy (non-hydrogen) atoms. The zero-order valence-electron chi connectivity index (χ0n) is 11.6. The Kier molecular flexibility index (Phi) is 5.16. The first-order chi connectivity index (χ1) is 8.51. The summed E-state index contributed by atoms with van der Waals surface area (Å²) in [6.07, 6.45) is 0.361. The predicted octanol–water partition coefficient (Wildman–Crippen LogP) is 2.13. The summed E-state index contributed by atoms with van der Waals surface area (Å²) < 4.78 is 5.33. The third-order valence-corrected chi connectivity index (χ3v) is 2.95. The Morgan fingerprint density at radius 2 is 2.11 bits per heavy atom. The molecule has 100 valence electrons. The van der Waals surface area contributed by atoms with Gasteiger partial charge < -0.3 is 15.4 Å². The number of nitrogens with zero attached hydrogens (tertiary/aromatic N) is 1. The largest absolute Gasteiger partial charge is 0.496 e. The van der Waals surface area contributed by atoms with Crippen LogP contribution in [0.2, 0.25) is 0 Å². The van der Waals surface area contributed by atoms with Gasteiger partial charge in [-0.05, 0) is 29.7 Å². The molecule has 0 fully saturated rings. The Hall–Kier alpha value is -1.55. The number of ether oxygens (including phenoxy) is 1. The lowest BCUT2D eigenvalue weighted by molar-refractivity contribution is -0.118. The molecule has 0 aromatic heterocycles. The van der Waals surface area contributed by atoms with Crippen LogP contribution < -0.4 is 15.4 Å². The Labute approximate surface area is 109 Å². The van der Waals surface area contributed by atoms with Crippen molar-refractivity contribution in [1.82, 2.24) is 0 Å². The van der Waals surface area contributed by atoms with E-state index in [9.17, 15) is 4.79 Å². The third kappa shape index (κ3) is 3.23.